The first-order valence-corrected chi connectivity index (χ1v) is 6.51. The summed E-state index contributed by atoms with van der Waals surface area (Å²) in [6.07, 6.45) is 1.08. The van der Waals surface area contributed by atoms with Gasteiger partial charge in [-0.1, -0.05) is 35.5 Å². The zero-order valence-corrected chi connectivity index (χ0v) is 9.09. The molecule has 82 valence electrons. The number of nitrogens with zero attached hydrogens (tertiary/aromatic N) is 1. The maximum atomic E-state index is 11.8. The van der Waals surface area contributed by atoms with Crippen LogP contribution in [0.5, 0.6) is 0 Å². The lowest BCUT2D eigenvalue weighted by Crippen LogP contribution is -2.31. The van der Waals surface area contributed by atoms with Crippen LogP contribution in [-0.4, -0.2) is 25.5 Å². The molecule has 0 unspecified atom stereocenters. The zero-order valence-electron chi connectivity index (χ0n) is 8.28. The summed E-state index contributed by atoms with van der Waals surface area (Å²) in [4.78, 5) is 5.10. The van der Waals surface area contributed by atoms with Crippen LogP contribution >= 0.6 is 0 Å². The Morgan fingerprint density at radius 1 is 1.19 bits per heavy atom. The van der Waals surface area contributed by atoms with Crippen molar-refractivity contribution in [2.75, 3.05) is 0 Å². The molecule has 2 heterocycles. The van der Waals surface area contributed by atoms with E-state index in [1.807, 2.05) is 30.3 Å². The molecule has 0 aromatic heterocycles. The quantitative estimate of drug-likeness (QED) is 0.732. The highest BCUT2D eigenvalue weighted by molar-refractivity contribution is 7.96. The van der Waals surface area contributed by atoms with Gasteiger partial charge < -0.3 is 4.84 Å². The SMILES string of the molecule is O=S1(=O)C=C[C@@H]2ON=C(c3ccccc3)[C@@H]21. The summed E-state index contributed by atoms with van der Waals surface area (Å²) in [5.74, 6) is 0. The van der Waals surface area contributed by atoms with E-state index < -0.39 is 21.2 Å². The number of fused-ring (bicyclic) bond motifs is 1. The Bertz CT molecular complexity index is 575. The van der Waals surface area contributed by atoms with Gasteiger partial charge in [-0.05, 0) is 6.08 Å². The van der Waals surface area contributed by atoms with E-state index in [1.54, 1.807) is 6.08 Å². The molecule has 0 bridgehead atoms. The van der Waals surface area contributed by atoms with Crippen LogP contribution in [0.3, 0.4) is 0 Å². The zero-order chi connectivity index (χ0) is 11.2. The molecule has 2 aliphatic heterocycles. The maximum Gasteiger partial charge on any atom is 0.184 e. The lowest BCUT2D eigenvalue weighted by molar-refractivity contribution is 0.123. The highest BCUT2D eigenvalue weighted by atomic mass is 32.2. The molecule has 5 heteroatoms. The molecule has 4 nitrogen and oxygen atoms in total. The smallest absolute Gasteiger partial charge is 0.184 e. The van der Waals surface area contributed by atoms with Crippen LogP contribution in [-0.2, 0) is 14.7 Å². The molecule has 0 fully saturated rings. The average Bonchev–Trinajstić information content (AvgIpc) is 2.82. The molecule has 0 amide bonds. The molecule has 0 aliphatic carbocycles. The number of benzene rings is 1. The third kappa shape index (κ3) is 1.28. The summed E-state index contributed by atoms with van der Waals surface area (Å²) in [7, 11) is -3.26. The molecule has 1 aromatic rings. The normalized spacial score (nSPS) is 29.6. The van der Waals surface area contributed by atoms with E-state index in [1.165, 1.54) is 5.41 Å². The second-order valence-electron chi connectivity index (χ2n) is 3.75. The minimum Gasteiger partial charge on any atom is -0.386 e. The van der Waals surface area contributed by atoms with Crippen LogP contribution in [0.25, 0.3) is 0 Å². The second kappa shape index (κ2) is 3.18. The van der Waals surface area contributed by atoms with E-state index in [4.69, 9.17) is 4.84 Å². The minimum atomic E-state index is -3.26. The summed E-state index contributed by atoms with van der Waals surface area (Å²) >= 11 is 0. The van der Waals surface area contributed by atoms with E-state index in [0.29, 0.717) is 5.71 Å². The van der Waals surface area contributed by atoms with Crippen LogP contribution < -0.4 is 0 Å². The molecule has 1 aromatic carbocycles. The van der Waals surface area contributed by atoms with Crippen LogP contribution in [0.2, 0.25) is 0 Å². The van der Waals surface area contributed by atoms with Gasteiger partial charge in [0.15, 0.2) is 21.2 Å². The third-order valence-corrected chi connectivity index (χ3v) is 4.46. The minimum absolute atomic E-state index is 0.458. The Morgan fingerprint density at radius 2 is 1.94 bits per heavy atom. The number of rotatable bonds is 1. The van der Waals surface area contributed by atoms with Gasteiger partial charge in [0.2, 0.25) is 0 Å². The fraction of sp³-hybridized carbons (Fsp3) is 0.182. The van der Waals surface area contributed by atoms with E-state index in [2.05, 4.69) is 5.16 Å². The third-order valence-electron chi connectivity index (χ3n) is 2.72. The van der Waals surface area contributed by atoms with E-state index in [-0.39, 0.29) is 0 Å². The van der Waals surface area contributed by atoms with E-state index in [9.17, 15) is 8.42 Å². The maximum absolute atomic E-state index is 11.8. The molecule has 3 rings (SSSR count). The molecule has 0 saturated carbocycles. The van der Waals surface area contributed by atoms with Gasteiger partial charge in [0.05, 0.1) is 0 Å². The predicted octanol–water partition coefficient (Wildman–Crippen LogP) is 1.10. The Balaban J connectivity index is 2.06. The first kappa shape index (κ1) is 9.59. The fourth-order valence-electron chi connectivity index (χ4n) is 1.96. The van der Waals surface area contributed by atoms with Gasteiger partial charge in [0, 0.05) is 11.0 Å². The van der Waals surface area contributed by atoms with Crippen molar-refractivity contribution in [3.8, 4) is 0 Å². The largest absolute Gasteiger partial charge is 0.386 e. The van der Waals surface area contributed by atoms with E-state index in [0.717, 1.165) is 5.56 Å². The highest BCUT2D eigenvalue weighted by Crippen LogP contribution is 2.29. The summed E-state index contributed by atoms with van der Waals surface area (Å²) in [6, 6.07) is 9.23. The number of oxime groups is 1. The van der Waals surface area contributed by atoms with Gasteiger partial charge in [-0.15, -0.1) is 0 Å². The highest BCUT2D eigenvalue weighted by Gasteiger charge is 2.46. The van der Waals surface area contributed by atoms with Crippen LogP contribution in [0.15, 0.2) is 47.0 Å². The van der Waals surface area contributed by atoms with Gasteiger partial charge >= 0.3 is 0 Å². The molecular weight excluding hydrogens is 226 g/mol. The van der Waals surface area contributed by atoms with Crippen LogP contribution in [0.1, 0.15) is 5.56 Å². The molecule has 16 heavy (non-hydrogen) atoms. The average molecular weight is 235 g/mol. The van der Waals surface area contributed by atoms with Gasteiger partial charge in [-0.25, -0.2) is 8.42 Å². The molecular formula is C11H9NO3S. The van der Waals surface area contributed by atoms with Crippen molar-refractivity contribution in [2.24, 2.45) is 5.16 Å². The Kier molecular flexibility index (Phi) is 1.91. The topological polar surface area (TPSA) is 55.7 Å². The molecule has 0 N–H and O–H groups in total. The summed E-state index contributed by atoms with van der Waals surface area (Å²) in [5, 5.41) is 4.41. The van der Waals surface area contributed by atoms with E-state index >= 15 is 0 Å². The van der Waals surface area contributed by atoms with Crippen molar-refractivity contribution in [3.63, 3.8) is 0 Å². The van der Waals surface area contributed by atoms with Crippen molar-refractivity contribution >= 4 is 15.5 Å². The van der Waals surface area contributed by atoms with Gasteiger partial charge in [0.25, 0.3) is 0 Å². The first-order valence-electron chi connectivity index (χ1n) is 4.90. The molecule has 2 aliphatic rings. The monoisotopic (exact) mass is 235 g/mol. The Labute approximate surface area is 93.1 Å². The summed E-state index contributed by atoms with van der Waals surface area (Å²) in [5.41, 5.74) is 1.29. The van der Waals surface area contributed by atoms with Crippen molar-refractivity contribution in [3.05, 3.63) is 47.4 Å². The van der Waals surface area contributed by atoms with Gasteiger partial charge in [-0.3, -0.25) is 0 Å². The Hall–Kier alpha value is -1.62. The summed E-state index contributed by atoms with van der Waals surface area (Å²) in [6.45, 7) is 0. The van der Waals surface area contributed by atoms with Crippen molar-refractivity contribution in [1.29, 1.82) is 0 Å². The standard InChI is InChI=1S/C11H9NO3S/c13-16(14)7-6-9-11(16)10(12-15-9)8-4-2-1-3-5-8/h1-7,9,11H/t9-,11+/m0/s1. The van der Waals surface area contributed by atoms with Crippen molar-refractivity contribution in [2.45, 2.75) is 11.4 Å². The fourth-order valence-corrected chi connectivity index (χ4v) is 3.50. The molecule has 0 saturated heterocycles. The lowest BCUT2D eigenvalue weighted by atomic mass is 10.1. The van der Waals surface area contributed by atoms with Gasteiger partial charge in [0.1, 0.15) is 5.71 Å². The Morgan fingerprint density at radius 3 is 2.69 bits per heavy atom. The van der Waals surface area contributed by atoms with Crippen molar-refractivity contribution in [1.82, 2.24) is 0 Å². The van der Waals surface area contributed by atoms with Crippen molar-refractivity contribution < 1.29 is 13.3 Å². The predicted molar refractivity (Wildman–Crippen MR) is 59.7 cm³/mol. The van der Waals surface area contributed by atoms with Crippen LogP contribution in [0.4, 0.5) is 0 Å². The first-order chi connectivity index (χ1) is 7.68. The molecule has 0 spiro atoms. The van der Waals surface area contributed by atoms with Crippen LogP contribution in [0, 0.1) is 0 Å². The number of hydrogen-bond acceptors (Lipinski definition) is 4. The number of hydrogen-bond donors (Lipinski definition) is 0. The lowest BCUT2D eigenvalue weighted by Gasteiger charge is -2.08. The molecule has 2 atom stereocenters. The second-order valence-corrected chi connectivity index (χ2v) is 5.71. The summed E-state index contributed by atoms with van der Waals surface area (Å²) < 4.78 is 23.6. The number of sulfone groups is 1. The van der Waals surface area contributed by atoms with Gasteiger partial charge in [-0.2, -0.15) is 0 Å². The molecule has 0 radical (unpaired) electrons.